The summed E-state index contributed by atoms with van der Waals surface area (Å²) in [6.07, 6.45) is 5.05. The van der Waals surface area contributed by atoms with Gasteiger partial charge in [-0.15, -0.1) is 0 Å². The average molecular weight is 490 g/mol. The molecule has 5 rings (SSSR count). The Labute approximate surface area is 207 Å². The molecular formula is C25H27N7O4. The first-order valence-corrected chi connectivity index (χ1v) is 11.5. The molecule has 1 fully saturated rings. The fourth-order valence-corrected chi connectivity index (χ4v) is 4.46. The largest absolute Gasteiger partial charge is 0.493 e. The lowest BCUT2D eigenvalue weighted by molar-refractivity contribution is -0.119. The summed E-state index contributed by atoms with van der Waals surface area (Å²) in [6.45, 7) is 0.668. The van der Waals surface area contributed by atoms with Crippen molar-refractivity contribution in [3.63, 3.8) is 0 Å². The van der Waals surface area contributed by atoms with Gasteiger partial charge in [0.25, 0.3) is 0 Å². The van der Waals surface area contributed by atoms with E-state index in [-0.39, 0.29) is 5.91 Å². The molecule has 1 amide bonds. The topological polar surface area (TPSA) is 130 Å². The van der Waals surface area contributed by atoms with Crippen LogP contribution >= 0.6 is 0 Å². The molecule has 36 heavy (non-hydrogen) atoms. The first kappa shape index (κ1) is 23.2. The molecule has 3 heterocycles. The number of nitrogens with two attached hydrogens (primary N) is 1. The van der Waals surface area contributed by atoms with Crippen LogP contribution in [0.4, 0.5) is 17.6 Å². The second-order valence-electron chi connectivity index (χ2n) is 8.32. The van der Waals surface area contributed by atoms with Crippen molar-refractivity contribution in [3.8, 4) is 22.9 Å². The van der Waals surface area contributed by atoms with Gasteiger partial charge in [-0.25, -0.2) is 9.97 Å². The minimum absolute atomic E-state index is 0.372. The number of aromatic nitrogens is 4. The number of hydrogen-bond acceptors (Lipinski definition) is 9. The second-order valence-corrected chi connectivity index (χ2v) is 8.32. The SMILES string of the molecule is COc1cc(-n2cnc(Nc3nc(N4CCC[C@@H]4C(N)=O)nc4ccccc34)c2)cc(OC)c1OC. The normalized spacial score (nSPS) is 15.2. The Morgan fingerprint density at radius 1 is 1.08 bits per heavy atom. The summed E-state index contributed by atoms with van der Waals surface area (Å²) in [7, 11) is 4.71. The standard InChI is InChI=1S/C25H27N7O4/c1-34-19-11-15(12-20(35-2)22(19)36-3)31-13-21(27-14-31)29-24-16-7-4-5-8-17(16)28-25(30-24)32-10-6-9-18(32)23(26)33/h4-5,7-8,11-14,18H,6,9-10H2,1-3H3,(H2,26,33)(H,28,29,30)/t18-/m1/s1. The van der Waals surface area contributed by atoms with Crippen molar-refractivity contribution < 1.29 is 19.0 Å². The number of anilines is 3. The van der Waals surface area contributed by atoms with Crippen molar-refractivity contribution in [1.82, 2.24) is 19.5 Å². The van der Waals surface area contributed by atoms with E-state index < -0.39 is 6.04 Å². The van der Waals surface area contributed by atoms with E-state index in [1.54, 1.807) is 27.7 Å². The van der Waals surface area contributed by atoms with E-state index in [4.69, 9.17) is 29.9 Å². The van der Waals surface area contributed by atoms with E-state index in [1.807, 2.05) is 52.1 Å². The number of para-hydroxylation sites is 1. The highest BCUT2D eigenvalue weighted by molar-refractivity contribution is 5.92. The molecular weight excluding hydrogens is 462 g/mol. The van der Waals surface area contributed by atoms with Gasteiger partial charge in [-0.2, -0.15) is 4.98 Å². The molecule has 2 aromatic carbocycles. The molecule has 1 aliphatic rings. The molecule has 0 aliphatic carbocycles. The lowest BCUT2D eigenvalue weighted by atomic mass is 10.2. The monoisotopic (exact) mass is 489 g/mol. The maximum atomic E-state index is 12.0. The van der Waals surface area contributed by atoms with Crippen LogP contribution in [0.15, 0.2) is 48.9 Å². The summed E-state index contributed by atoms with van der Waals surface area (Å²) in [5.74, 6) is 2.84. The number of carbonyl (C=O) groups is 1. The Hall–Kier alpha value is -4.54. The minimum atomic E-state index is -0.418. The number of hydrogen-bond donors (Lipinski definition) is 2. The molecule has 0 saturated carbocycles. The first-order valence-electron chi connectivity index (χ1n) is 11.5. The van der Waals surface area contributed by atoms with Gasteiger partial charge in [0.05, 0.1) is 38.7 Å². The van der Waals surface area contributed by atoms with Crippen molar-refractivity contribution in [2.24, 2.45) is 5.73 Å². The third kappa shape index (κ3) is 4.19. The summed E-state index contributed by atoms with van der Waals surface area (Å²) in [4.78, 5) is 27.8. The van der Waals surface area contributed by atoms with Crippen LogP contribution in [0.3, 0.4) is 0 Å². The molecule has 186 valence electrons. The Kier molecular flexibility index (Phi) is 6.19. The number of fused-ring (bicyclic) bond motifs is 1. The molecule has 11 nitrogen and oxygen atoms in total. The van der Waals surface area contributed by atoms with Gasteiger partial charge in [-0.3, -0.25) is 4.79 Å². The van der Waals surface area contributed by atoms with E-state index in [1.165, 1.54) is 0 Å². The summed E-state index contributed by atoms with van der Waals surface area (Å²) in [5.41, 5.74) is 7.16. The Morgan fingerprint density at radius 3 is 2.53 bits per heavy atom. The molecule has 3 N–H and O–H groups in total. The average Bonchev–Trinajstić information content (AvgIpc) is 3.58. The first-order chi connectivity index (χ1) is 17.5. The summed E-state index contributed by atoms with van der Waals surface area (Å²) >= 11 is 0. The number of imidazole rings is 1. The number of rotatable bonds is 8. The van der Waals surface area contributed by atoms with Gasteiger partial charge < -0.3 is 34.7 Å². The predicted molar refractivity (Wildman–Crippen MR) is 136 cm³/mol. The molecule has 1 aliphatic heterocycles. The number of nitrogens with zero attached hydrogens (tertiary/aromatic N) is 5. The van der Waals surface area contributed by atoms with Gasteiger partial charge in [0.2, 0.25) is 17.6 Å². The van der Waals surface area contributed by atoms with Crippen LogP contribution < -0.4 is 30.2 Å². The van der Waals surface area contributed by atoms with E-state index in [0.29, 0.717) is 47.8 Å². The van der Waals surface area contributed by atoms with Crippen molar-refractivity contribution in [1.29, 1.82) is 0 Å². The maximum Gasteiger partial charge on any atom is 0.240 e. The number of amides is 1. The third-order valence-electron chi connectivity index (χ3n) is 6.21. The Balaban J connectivity index is 1.50. The summed E-state index contributed by atoms with van der Waals surface area (Å²) < 4.78 is 18.2. The molecule has 1 atom stereocenters. The lowest BCUT2D eigenvalue weighted by Crippen LogP contribution is -2.41. The highest BCUT2D eigenvalue weighted by atomic mass is 16.5. The van der Waals surface area contributed by atoms with Crippen LogP contribution in [0, 0.1) is 0 Å². The zero-order valence-corrected chi connectivity index (χ0v) is 20.3. The van der Waals surface area contributed by atoms with Crippen LogP contribution in [0.5, 0.6) is 17.2 Å². The smallest absolute Gasteiger partial charge is 0.240 e. The zero-order chi connectivity index (χ0) is 25.2. The van der Waals surface area contributed by atoms with E-state index in [2.05, 4.69) is 10.3 Å². The number of nitrogens with one attached hydrogen (secondary N) is 1. The van der Waals surface area contributed by atoms with Gasteiger partial charge >= 0.3 is 0 Å². The predicted octanol–water partition coefficient (Wildman–Crippen LogP) is 3.04. The molecule has 0 unspecified atom stereocenters. The van der Waals surface area contributed by atoms with Crippen LogP contribution in [-0.2, 0) is 4.79 Å². The number of carbonyl (C=O) groups excluding carboxylic acids is 1. The van der Waals surface area contributed by atoms with Crippen LogP contribution in [0.1, 0.15) is 12.8 Å². The van der Waals surface area contributed by atoms with E-state index in [9.17, 15) is 4.79 Å². The molecule has 1 saturated heterocycles. The number of ether oxygens (including phenoxy) is 3. The summed E-state index contributed by atoms with van der Waals surface area (Å²) in [5, 5.41) is 4.14. The van der Waals surface area contributed by atoms with Gasteiger partial charge in [0.1, 0.15) is 24.0 Å². The van der Waals surface area contributed by atoms with Crippen LogP contribution in [0.2, 0.25) is 0 Å². The number of benzene rings is 2. The quantitative estimate of drug-likeness (QED) is 0.383. The number of methoxy groups -OCH3 is 3. The minimum Gasteiger partial charge on any atom is -0.493 e. The Morgan fingerprint density at radius 2 is 1.83 bits per heavy atom. The molecule has 2 aromatic heterocycles. The fourth-order valence-electron chi connectivity index (χ4n) is 4.46. The van der Waals surface area contributed by atoms with Crippen LogP contribution in [0.25, 0.3) is 16.6 Å². The van der Waals surface area contributed by atoms with Crippen molar-refractivity contribution in [2.75, 3.05) is 38.1 Å². The van der Waals surface area contributed by atoms with Gasteiger partial charge in [-0.1, -0.05) is 12.1 Å². The zero-order valence-electron chi connectivity index (χ0n) is 20.3. The summed E-state index contributed by atoms with van der Waals surface area (Å²) in [6, 6.07) is 10.9. The van der Waals surface area contributed by atoms with Crippen molar-refractivity contribution in [3.05, 3.63) is 48.9 Å². The van der Waals surface area contributed by atoms with Crippen molar-refractivity contribution >= 4 is 34.4 Å². The molecule has 0 spiro atoms. The Bertz CT molecular complexity index is 1400. The molecule has 0 bridgehead atoms. The highest BCUT2D eigenvalue weighted by Gasteiger charge is 2.31. The van der Waals surface area contributed by atoms with E-state index >= 15 is 0 Å². The molecule has 11 heteroatoms. The maximum absolute atomic E-state index is 12.0. The third-order valence-corrected chi connectivity index (χ3v) is 6.21. The van der Waals surface area contributed by atoms with Gasteiger partial charge in [-0.05, 0) is 25.0 Å². The van der Waals surface area contributed by atoms with Gasteiger partial charge in [0.15, 0.2) is 11.5 Å². The lowest BCUT2D eigenvalue weighted by Gasteiger charge is -2.23. The highest BCUT2D eigenvalue weighted by Crippen LogP contribution is 2.39. The number of primary amides is 1. The molecule has 0 radical (unpaired) electrons. The fraction of sp³-hybridized carbons (Fsp3) is 0.280. The second kappa shape index (κ2) is 9.61. The van der Waals surface area contributed by atoms with Crippen LogP contribution in [-0.4, -0.2) is 59.3 Å². The van der Waals surface area contributed by atoms with Gasteiger partial charge in [0, 0.05) is 24.1 Å². The molecule has 4 aromatic rings. The van der Waals surface area contributed by atoms with E-state index in [0.717, 1.165) is 23.0 Å². The van der Waals surface area contributed by atoms with Crippen molar-refractivity contribution in [2.45, 2.75) is 18.9 Å².